The molecule has 2 N–H and O–H groups in total. The van der Waals surface area contributed by atoms with E-state index in [2.05, 4.69) is 15.8 Å². The second-order valence-corrected chi connectivity index (χ2v) is 5.10. The zero-order valence-electron chi connectivity index (χ0n) is 12.5. The van der Waals surface area contributed by atoms with Gasteiger partial charge in [0.1, 0.15) is 11.6 Å². The Labute approximate surface area is 126 Å². The van der Waals surface area contributed by atoms with Crippen LogP contribution >= 0.6 is 0 Å². The molecule has 0 spiro atoms. The molecule has 0 aliphatic rings. The summed E-state index contributed by atoms with van der Waals surface area (Å²) in [4.78, 5) is 12.0. The molecule has 1 aromatic heterocycles. The average Bonchev–Trinajstić information content (AvgIpc) is 2.86. The number of nitrogens with zero attached hydrogens (tertiary/aromatic N) is 1. The van der Waals surface area contributed by atoms with Crippen molar-refractivity contribution in [1.29, 1.82) is 0 Å². The fourth-order valence-electron chi connectivity index (χ4n) is 2.04. The highest BCUT2D eigenvalue weighted by Gasteiger charge is 2.19. The van der Waals surface area contributed by atoms with Crippen molar-refractivity contribution in [3.63, 3.8) is 0 Å². The highest BCUT2D eigenvalue weighted by molar-refractivity contribution is 5.93. The molecule has 0 aliphatic carbocycles. The lowest BCUT2D eigenvalue weighted by Crippen LogP contribution is -2.39. The van der Waals surface area contributed by atoms with Crippen molar-refractivity contribution < 1.29 is 18.1 Å². The van der Waals surface area contributed by atoms with Gasteiger partial charge in [0.2, 0.25) is 11.8 Å². The van der Waals surface area contributed by atoms with Crippen LogP contribution in [-0.4, -0.2) is 17.1 Å². The minimum Gasteiger partial charge on any atom is -0.338 e. The first kappa shape index (κ1) is 16.1. The van der Waals surface area contributed by atoms with Crippen LogP contribution in [0.2, 0.25) is 0 Å². The Hall–Kier alpha value is -2.28. The number of amides is 1. The quantitative estimate of drug-likeness (QED) is 0.891. The molecule has 22 heavy (non-hydrogen) atoms. The largest absolute Gasteiger partial charge is 0.338 e. The molecule has 0 unspecified atom stereocenters. The minimum absolute atomic E-state index is 0.162. The van der Waals surface area contributed by atoms with Crippen LogP contribution in [-0.2, 0) is 4.79 Å². The molecule has 0 fully saturated rings. The van der Waals surface area contributed by atoms with Crippen LogP contribution in [0.3, 0.4) is 0 Å². The van der Waals surface area contributed by atoms with Gasteiger partial charge < -0.3 is 4.52 Å². The van der Waals surface area contributed by atoms with Gasteiger partial charge in [-0.3, -0.25) is 15.4 Å². The maximum atomic E-state index is 13.7. The Morgan fingerprint density at radius 2 is 2.00 bits per heavy atom. The Morgan fingerprint density at radius 1 is 1.27 bits per heavy atom. The molecule has 0 saturated carbocycles. The van der Waals surface area contributed by atoms with Crippen molar-refractivity contribution in [2.45, 2.75) is 32.9 Å². The monoisotopic (exact) mass is 309 g/mol. The number of hydrogen-bond acceptors (Lipinski definition) is 4. The van der Waals surface area contributed by atoms with Gasteiger partial charge in [-0.2, -0.15) is 0 Å². The van der Waals surface area contributed by atoms with Gasteiger partial charge in [0, 0.05) is 17.7 Å². The summed E-state index contributed by atoms with van der Waals surface area (Å²) >= 11 is 0. The number of benzene rings is 1. The number of halogens is 2. The van der Waals surface area contributed by atoms with E-state index in [0.717, 1.165) is 18.2 Å². The second-order valence-electron chi connectivity index (χ2n) is 5.10. The third-order valence-corrected chi connectivity index (χ3v) is 3.19. The molecule has 5 nitrogen and oxygen atoms in total. The minimum atomic E-state index is -0.636. The van der Waals surface area contributed by atoms with E-state index in [1.54, 1.807) is 26.8 Å². The van der Waals surface area contributed by atoms with E-state index in [1.165, 1.54) is 0 Å². The van der Waals surface area contributed by atoms with Gasteiger partial charge in [-0.15, -0.1) is 0 Å². The molecule has 1 aromatic carbocycles. The first-order chi connectivity index (χ1) is 10.4. The van der Waals surface area contributed by atoms with Crippen LogP contribution in [0.5, 0.6) is 0 Å². The van der Waals surface area contributed by atoms with Crippen molar-refractivity contribution >= 4 is 11.8 Å². The zero-order valence-corrected chi connectivity index (χ0v) is 12.5. The van der Waals surface area contributed by atoms with Gasteiger partial charge in [-0.1, -0.05) is 5.16 Å². The lowest BCUT2D eigenvalue weighted by atomic mass is 10.1. The van der Waals surface area contributed by atoms with E-state index < -0.39 is 23.7 Å². The number of anilines is 1. The summed E-state index contributed by atoms with van der Waals surface area (Å²) < 4.78 is 31.8. The molecule has 118 valence electrons. The Balaban J connectivity index is 1.99. The Bertz CT molecular complexity index is 673. The van der Waals surface area contributed by atoms with E-state index in [0.29, 0.717) is 5.69 Å². The highest BCUT2D eigenvalue weighted by Crippen LogP contribution is 2.18. The molecule has 7 heteroatoms. The van der Waals surface area contributed by atoms with Crippen LogP contribution in [0.25, 0.3) is 0 Å². The lowest BCUT2D eigenvalue weighted by Gasteiger charge is -2.20. The summed E-state index contributed by atoms with van der Waals surface area (Å²) in [6.45, 7) is 5.00. The second kappa shape index (κ2) is 6.65. The lowest BCUT2D eigenvalue weighted by molar-refractivity contribution is -0.118. The Kier molecular flexibility index (Phi) is 4.87. The topological polar surface area (TPSA) is 67.2 Å². The summed E-state index contributed by atoms with van der Waals surface area (Å²) in [5.74, 6) is -1.18. The predicted molar refractivity (Wildman–Crippen MR) is 77.2 cm³/mol. The number of carbonyl (C=O) groups excluding carboxylic acids is 1. The maximum Gasteiger partial charge on any atom is 0.243 e. The molecule has 0 saturated heterocycles. The molecule has 1 amide bonds. The number of aromatic nitrogens is 1. The van der Waals surface area contributed by atoms with Gasteiger partial charge in [-0.25, -0.2) is 8.78 Å². The number of nitrogens with one attached hydrogen (secondary N) is 2. The molecule has 0 radical (unpaired) electrons. The van der Waals surface area contributed by atoms with E-state index in [-0.39, 0.29) is 17.4 Å². The van der Waals surface area contributed by atoms with Gasteiger partial charge in [-0.05, 0) is 39.0 Å². The Morgan fingerprint density at radius 3 is 2.64 bits per heavy atom. The predicted octanol–water partition coefficient (Wildman–Crippen LogP) is 2.94. The molecule has 1 heterocycles. The zero-order chi connectivity index (χ0) is 16.3. The van der Waals surface area contributed by atoms with Crippen LogP contribution in [0.1, 0.15) is 31.1 Å². The van der Waals surface area contributed by atoms with Crippen molar-refractivity contribution in [1.82, 2.24) is 10.5 Å². The van der Waals surface area contributed by atoms with E-state index in [4.69, 9.17) is 4.52 Å². The normalized spacial score (nSPS) is 13.7. The van der Waals surface area contributed by atoms with Crippen molar-refractivity contribution in [2.75, 3.05) is 5.32 Å². The van der Waals surface area contributed by atoms with Crippen molar-refractivity contribution in [2.24, 2.45) is 0 Å². The highest BCUT2D eigenvalue weighted by atomic mass is 19.1. The first-order valence-electron chi connectivity index (χ1n) is 6.82. The fourth-order valence-corrected chi connectivity index (χ4v) is 2.04. The van der Waals surface area contributed by atoms with Crippen LogP contribution in [0.4, 0.5) is 14.7 Å². The molecule has 0 aliphatic heterocycles. The van der Waals surface area contributed by atoms with Crippen LogP contribution in [0.15, 0.2) is 28.8 Å². The number of rotatable bonds is 5. The fraction of sp³-hybridized carbons (Fsp3) is 0.333. The molecular formula is C15H17F2N3O2. The molecule has 0 bridgehead atoms. The van der Waals surface area contributed by atoms with Gasteiger partial charge in [0.15, 0.2) is 0 Å². The summed E-state index contributed by atoms with van der Waals surface area (Å²) in [6, 6.07) is 3.63. The summed E-state index contributed by atoms with van der Waals surface area (Å²) in [5.41, 5.74) is 0.807. The van der Waals surface area contributed by atoms with Crippen LogP contribution < -0.4 is 10.6 Å². The third-order valence-electron chi connectivity index (χ3n) is 3.19. The van der Waals surface area contributed by atoms with E-state index in [9.17, 15) is 13.6 Å². The van der Waals surface area contributed by atoms with Gasteiger partial charge >= 0.3 is 0 Å². The maximum absolute atomic E-state index is 13.7. The van der Waals surface area contributed by atoms with E-state index >= 15 is 0 Å². The third kappa shape index (κ3) is 3.88. The number of carbonyl (C=O) groups is 1. The summed E-state index contributed by atoms with van der Waals surface area (Å²) in [6.07, 6.45) is 0. The van der Waals surface area contributed by atoms with Crippen molar-refractivity contribution in [3.8, 4) is 0 Å². The molecule has 2 atom stereocenters. The first-order valence-corrected chi connectivity index (χ1v) is 6.82. The SMILES string of the molecule is Cc1cc(NC(=O)[C@H](C)N[C@@H](C)c2cc(F)ccc2F)on1. The van der Waals surface area contributed by atoms with Crippen LogP contribution in [0, 0.1) is 18.6 Å². The standard InChI is InChI=1S/C15H17F2N3O2/c1-8-6-14(22-20-8)19-15(21)10(3)18-9(2)12-7-11(16)4-5-13(12)17/h4-7,9-10,18H,1-3H3,(H,19,21)/t9-,10-/m0/s1. The summed E-state index contributed by atoms with van der Waals surface area (Å²) in [7, 11) is 0. The summed E-state index contributed by atoms with van der Waals surface area (Å²) in [5, 5.41) is 9.11. The number of aryl methyl sites for hydroxylation is 1. The average molecular weight is 309 g/mol. The molecule has 2 rings (SSSR count). The molecule has 2 aromatic rings. The smallest absolute Gasteiger partial charge is 0.243 e. The van der Waals surface area contributed by atoms with Crippen molar-refractivity contribution in [3.05, 3.63) is 47.2 Å². The van der Waals surface area contributed by atoms with Gasteiger partial charge in [0.05, 0.1) is 11.7 Å². The van der Waals surface area contributed by atoms with Gasteiger partial charge in [0.25, 0.3) is 0 Å². The number of hydrogen-bond donors (Lipinski definition) is 2. The van der Waals surface area contributed by atoms with E-state index in [1.807, 2.05) is 0 Å². The molecular weight excluding hydrogens is 292 g/mol.